The summed E-state index contributed by atoms with van der Waals surface area (Å²) in [6.07, 6.45) is 8.47. The number of anilines is 6. The molecule has 3 aromatic carbocycles. The van der Waals surface area contributed by atoms with E-state index in [1.54, 1.807) is 82.1 Å². The number of fused-ring (bicyclic) bond motifs is 3. The molecule has 0 bridgehead atoms. The molecular weight excluding hydrogens is 1980 g/mol. The van der Waals surface area contributed by atoms with Crippen molar-refractivity contribution in [2.24, 2.45) is 0 Å². The molecule has 12 heterocycles. The maximum atomic E-state index is 15.6. The Morgan fingerprint density at radius 2 is 0.624 bits per heavy atom. The first-order valence-corrected chi connectivity index (χ1v) is 46.5. The average molecular weight is 2070 g/mol. The maximum Gasteiger partial charge on any atom is 0.276 e. The summed E-state index contributed by atoms with van der Waals surface area (Å²) >= 11 is 43.8. The van der Waals surface area contributed by atoms with Crippen LogP contribution >= 0.6 is 81.2 Å². The Morgan fingerprint density at radius 3 is 0.865 bits per heavy atom. The van der Waals surface area contributed by atoms with Gasteiger partial charge < -0.3 is 46.6 Å². The van der Waals surface area contributed by atoms with E-state index < -0.39 is 128 Å². The summed E-state index contributed by atoms with van der Waals surface area (Å²) in [6, 6.07) is 13.3. The smallest absolute Gasteiger partial charge is 0.276 e. The molecule has 3 aliphatic heterocycles. The predicted octanol–water partition coefficient (Wildman–Crippen LogP) is 20.5. The second-order valence-electron chi connectivity index (χ2n) is 35.3. The zero-order valence-electron chi connectivity index (χ0n) is 78.4. The van der Waals surface area contributed by atoms with Crippen LogP contribution in [0.25, 0.3) is 83.9 Å². The fourth-order valence-electron chi connectivity index (χ4n) is 18.8. The maximum absolute atomic E-state index is 15.6. The molecule has 27 nitrogen and oxygen atoms in total. The molecule has 6 N–H and O–H groups in total. The second-order valence-corrected chi connectivity index (χ2v) is 38.1. The third kappa shape index (κ3) is 18.2. The molecular formula is C99H90Cl7F8N21O6. The number of nitrogens with two attached hydrogens (primary N) is 3. The van der Waals surface area contributed by atoms with Gasteiger partial charge in [-0.1, -0.05) is 142 Å². The molecule has 0 spiro atoms. The first-order chi connectivity index (χ1) is 66.5. The SMILES string of the molecule is C=CC(=O)N1[C@H](C)CN(c2c(C#N)c(=O)n(-c3c(C)ccnc3C(C)C)c3nc(-c4c(F)c(Cl)c(F)c(N)c4Cl)c(Cl)cc23)C[C@@H]1C.C=CC(=O)N1[C@H](C)CN(c2c(C#N)c(=O)n(-c3c(C)ccnc3C(C)C)c3nc(-c4c(N)c(F)c(Cl)c(F)c4F)c(Cl)cc23)C[C@@H]1C.C=CC(=O)N1[C@H](C)CN(c2c(C#N)c(=O)n(-c3c(C)ccnc3C(C)C)c3nc(-c4c(N)c(F)c(Cl)c(F)c4F)c(Cl)cc23)C[C@@H]1C. The number of hydrogen-bond acceptors (Lipinski definition) is 21. The molecule has 0 saturated carbocycles. The number of amides is 3. The van der Waals surface area contributed by atoms with Crippen LogP contribution in [0.2, 0.25) is 35.2 Å². The van der Waals surface area contributed by atoms with Crippen molar-refractivity contribution in [2.75, 3.05) is 71.2 Å². The van der Waals surface area contributed by atoms with Gasteiger partial charge in [0.15, 0.2) is 46.5 Å². The van der Waals surface area contributed by atoms with Crippen molar-refractivity contribution in [3.05, 3.63) is 256 Å². The molecule has 3 aliphatic rings. The van der Waals surface area contributed by atoms with Gasteiger partial charge in [0, 0.05) is 110 Å². The van der Waals surface area contributed by atoms with Crippen molar-refractivity contribution in [1.82, 2.24) is 58.3 Å². The number of rotatable bonds is 15. The fourth-order valence-corrected chi connectivity index (χ4v) is 20.4. The number of aryl methyl sites for hydroxylation is 3. The minimum absolute atomic E-state index is 0.000731. The van der Waals surface area contributed by atoms with Gasteiger partial charge in [-0.3, -0.25) is 57.4 Å². The Labute approximate surface area is 838 Å². The lowest BCUT2D eigenvalue weighted by Gasteiger charge is -2.45. The average Bonchev–Trinajstić information content (AvgIpc) is 0.725. The highest BCUT2D eigenvalue weighted by Crippen LogP contribution is 2.49. The van der Waals surface area contributed by atoms with E-state index in [1.165, 1.54) is 50.1 Å². The van der Waals surface area contributed by atoms with Crippen molar-refractivity contribution < 1.29 is 49.5 Å². The number of pyridine rings is 9. The lowest BCUT2D eigenvalue weighted by molar-refractivity contribution is -0.131. The van der Waals surface area contributed by atoms with Gasteiger partial charge in [0.1, 0.15) is 66.9 Å². The summed E-state index contributed by atoms with van der Waals surface area (Å²) < 4.78 is 124. The zero-order chi connectivity index (χ0) is 104. The van der Waals surface area contributed by atoms with Crippen molar-refractivity contribution in [3.63, 3.8) is 0 Å². The number of nitrogen functional groups attached to an aromatic ring is 3. The highest BCUT2D eigenvalue weighted by atomic mass is 35.5. The molecule has 42 heteroatoms. The molecule has 3 amide bonds. The van der Waals surface area contributed by atoms with E-state index in [-0.39, 0.29) is 199 Å². The van der Waals surface area contributed by atoms with E-state index in [2.05, 4.69) is 62.9 Å². The first-order valence-electron chi connectivity index (χ1n) is 43.9. The van der Waals surface area contributed by atoms with Crippen molar-refractivity contribution >= 4 is 166 Å². The summed E-state index contributed by atoms with van der Waals surface area (Å²) in [5, 5.41) is 27.8. The Bertz CT molecular complexity index is 6860. The highest BCUT2D eigenvalue weighted by molar-refractivity contribution is 6.40. The van der Waals surface area contributed by atoms with Crippen molar-refractivity contribution in [3.8, 4) is 69.0 Å². The molecule has 732 valence electrons. The van der Waals surface area contributed by atoms with Crippen molar-refractivity contribution in [2.45, 2.75) is 158 Å². The summed E-state index contributed by atoms with van der Waals surface area (Å²) in [4.78, 5) is 119. The summed E-state index contributed by atoms with van der Waals surface area (Å²) in [6.45, 7) is 39.7. The van der Waals surface area contributed by atoms with Gasteiger partial charge in [-0.15, -0.1) is 0 Å². The molecule has 12 aromatic rings. The van der Waals surface area contributed by atoms with Gasteiger partial charge >= 0.3 is 0 Å². The molecule has 0 unspecified atom stereocenters. The van der Waals surface area contributed by atoms with Crippen LogP contribution in [0, 0.1) is 101 Å². The standard InChI is InChI=1S/C33H30Cl3F2N7O2.2C33H30Cl2F3N7O2/c1-7-21(46)44-16(5)12-43(13-17(44)6)31-18-10-20(34)29(22-23(35)27(40)26(38)24(36)25(22)37)42-32(18)45(33(47)19(31)11-39)30-15(4)8-9-41-28(30)14(2)3;2*1-7-21(46)44-16(5)12-43(13-17(44)6)31-18-10-20(34)29(22-24(36)25(37)23(35)26(38)27(22)40)42-32(18)45(33(47)19(31)11-39)30-15(4)8-9-41-28(30)14(2)3/h3*7-10,14,16-17H,1,12-13,40H2,2-6H3/t3*16-,17+. The lowest BCUT2D eigenvalue weighted by Crippen LogP contribution is -2.58. The number of piperazine rings is 3. The lowest BCUT2D eigenvalue weighted by atomic mass is 10.0. The van der Waals surface area contributed by atoms with Gasteiger partial charge in [-0.2, -0.15) is 15.8 Å². The minimum Gasteiger partial charge on any atom is -0.396 e. The monoisotopic (exact) mass is 2070 g/mol. The second kappa shape index (κ2) is 41.0. The Balaban J connectivity index is 0.000000178. The summed E-state index contributed by atoms with van der Waals surface area (Å²) in [5.74, 6) is -13.2. The fraction of sp³-hybridized carbons (Fsp3) is 0.303. The van der Waals surface area contributed by atoms with Crippen LogP contribution in [-0.4, -0.2) is 152 Å². The predicted molar refractivity (Wildman–Crippen MR) is 535 cm³/mol. The van der Waals surface area contributed by atoms with Crippen LogP contribution in [0.3, 0.4) is 0 Å². The molecule has 3 saturated heterocycles. The van der Waals surface area contributed by atoms with Gasteiger partial charge in [-0.05, 0) is 151 Å². The molecule has 0 aliphatic carbocycles. The Kier molecular flexibility index (Phi) is 30.5. The highest BCUT2D eigenvalue weighted by Gasteiger charge is 2.42. The van der Waals surface area contributed by atoms with Crippen LogP contribution < -0.4 is 48.6 Å². The first kappa shape index (κ1) is 105. The van der Waals surface area contributed by atoms with Gasteiger partial charge in [-0.25, -0.2) is 50.1 Å². The summed E-state index contributed by atoms with van der Waals surface area (Å²) in [5.41, 5.74) is 14.1. The van der Waals surface area contributed by atoms with E-state index >= 15 is 13.2 Å². The normalized spacial score (nSPS) is 16.6. The van der Waals surface area contributed by atoms with Gasteiger partial charge in [0.2, 0.25) is 17.7 Å². The van der Waals surface area contributed by atoms with Crippen LogP contribution in [0.5, 0.6) is 0 Å². The van der Waals surface area contributed by atoms with Gasteiger partial charge in [0.05, 0.1) is 122 Å². The van der Waals surface area contributed by atoms with E-state index in [0.29, 0.717) is 50.8 Å². The number of benzene rings is 3. The molecule has 141 heavy (non-hydrogen) atoms. The molecule has 6 atom stereocenters. The van der Waals surface area contributed by atoms with E-state index in [0.717, 1.165) is 0 Å². The van der Waals surface area contributed by atoms with Crippen LogP contribution in [-0.2, 0) is 14.4 Å². The Hall–Kier alpha value is -13.4. The zero-order valence-corrected chi connectivity index (χ0v) is 83.7. The topological polar surface area (TPSA) is 363 Å². The van der Waals surface area contributed by atoms with E-state index in [1.807, 2.05) is 88.0 Å². The number of hydrogen-bond donors (Lipinski definition) is 3. The third-order valence-corrected chi connectivity index (χ3v) is 27.2. The summed E-state index contributed by atoms with van der Waals surface area (Å²) in [7, 11) is 0. The third-order valence-electron chi connectivity index (χ3n) is 24.9. The minimum atomic E-state index is -1.69. The number of carbonyl (C=O) groups excluding carboxylic acids is 3. The molecule has 9 aromatic heterocycles. The quantitative estimate of drug-likeness (QED) is 0.0282. The molecule has 15 rings (SSSR count). The molecule has 3 fully saturated rings. The number of nitrogens with zero attached hydrogens (tertiary/aromatic N) is 18. The van der Waals surface area contributed by atoms with Gasteiger partial charge in [0.25, 0.3) is 16.7 Å². The van der Waals surface area contributed by atoms with Crippen molar-refractivity contribution in [1.29, 1.82) is 15.8 Å². The number of carbonyl (C=O) groups is 3. The number of aromatic nitrogens is 9. The Morgan fingerprint density at radius 1 is 0.383 bits per heavy atom. The largest absolute Gasteiger partial charge is 0.396 e. The van der Waals surface area contributed by atoms with Crippen LogP contribution in [0.4, 0.5) is 69.2 Å². The van der Waals surface area contributed by atoms with Crippen LogP contribution in [0.15, 0.2) is 107 Å². The number of nitriles is 3. The van der Waals surface area contributed by atoms with Crippen LogP contribution in [0.1, 0.15) is 151 Å². The number of halogens is 15. The van der Waals surface area contributed by atoms with E-state index in [4.69, 9.17) is 103 Å². The van der Waals surface area contributed by atoms with E-state index in [9.17, 15) is 66.5 Å². The molecule has 0 radical (unpaired) electrons.